The highest BCUT2D eigenvalue weighted by atomic mass is 16.6. The first kappa shape index (κ1) is 6.14. The average molecular weight is 100 g/mol. The van der Waals surface area contributed by atoms with Crippen LogP contribution in [-0.2, 0) is 4.84 Å². The minimum Gasteiger partial charge on any atom is -0.398 e. The van der Waals surface area contributed by atoms with Gasteiger partial charge in [-0.15, -0.1) is 0 Å². The van der Waals surface area contributed by atoms with Gasteiger partial charge in [0.2, 0.25) is 0 Å². The molecule has 0 unspecified atom stereocenters. The predicted octanol–water partition coefficient (Wildman–Crippen LogP) is 0.667. The maximum Gasteiger partial charge on any atom is 0.163 e. The summed E-state index contributed by atoms with van der Waals surface area (Å²) in [6, 6.07) is 0. The molecule has 0 rings (SSSR count). The zero-order valence-corrected chi connectivity index (χ0v) is 4.51. The highest BCUT2D eigenvalue weighted by Gasteiger charge is 1.75. The van der Waals surface area contributed by atoms with Crippen LogP contribution in [0.2, 0.25) is 0 Å². The molecule has 0 fully saturated rings. The van der Waals surface area contributed by atoms with E-state index < -0.39 is 0 Å². The number of nitrogens with zero attached hydrogens (tertiary/aromatic N) is 2. The second-order valence-corrected chi connectivity index (χ2v) is 0.979. The van der Waals surface area contributed by atoms with Crippen molar-refractivity contribution in [3.05, 3.63) is 0 Å². The summed E-state index contributed by atoms with van der Waals surface area (Å²) in [6.45, 7) is 4.92. The molecule has 0 atom stereocenters. The van der Waals surface area contributed by atoms with Crippen LogP contribution in [0.25, 0.3) is 0 Å². The fourth-order valence-electron chi connectivity index (χ4n) is 0.161. The minimum absolute atomic E-state index is 0.544. The molecule has 0 aromatic heterocycles. The van der Waals surface area contributed by atoms with Crippen LogP contribution in [0, 0.1) is 0 Å². The van der Waals surface area contributed by atoms with Crippen LogP contribution in [0.5, 0.6) is 0 Å². The lowest BCUT2D eigenvalue weighted by molar-refractivity contribution is 0.213. The first-order valence-corrected chi connectivity index (χ1v) is 1.85. The molecule has 0 N–H and O–H groups in total. The summed E-state index contributed by atoms with van der Waals surface area (Å²) in [7, 11) is 1.47. The maximum absolute atomic E-state index is 4.35. The molecule has 0 bridgehead atoms. The van der Waals surface area contributed by atoms with E-state index in [2.05, 4.69) is 21.7 Å². The maximum atomic E-state index is 4.35. The first-order valence-electron chi connectivity index (χ1n) is 1.85. The zero-order valence-electron chi connectivity index (χ0n) is 4.51. The third-order valence-corrected chi connectivity index (χ3v) is 0.452. The van der Waals surface area contributed by atoms with E-state index in [-0.39, 0.29) is 0 Å². The van der Waals surface area contributed by atoms with Crippen molar-refractivity contribution in [1.29, 1.82) is 0 Å². The monoisotopic (exact) mass is 100 g/mol. The first-order chi connectivity index (χ1) is 3.31. The van der Waals surface area contributed by atoms with Gasteiger partial charge in [0.25, 0.3) is 0 Å². The highest BCUT2D eigenvalue weighted by Crippen LogP contribution is 1.75. The topological polar surface area (TPSA) is 34.0 Å². The van der Waals surface area contributed by atoms with E-state index in [4.69, 9.17) is 0 Å². The Morgan fingerprint density at radius 2 is 2.29 bits per heavy atom. The Morgan fingerprint density at radius 3 is 2.43 bits per heavy atom. The number of aliphatic imine (C=N–C) groups is 1. The van der Waals surface area contributed by atoms with Crippen molar-refractivity contribution in [3.63, 3.8) is 0 Å². The van der Waals surface area contributed by atoms with Gasteiger partial charge in [-0.3, -0.25) is 0 Å². The van der Waals surface area contributed by atoms with Gasteiger partial charge in [0, 0.05) is 0 Å². The van der Waals surface area contributed by atoms with Crippen molar-refractivity contribution < 1.29 is 4.84 Å². The summed E-state index contributed by atoms with van der Waals surface area (Å²) >= 11 is 0. The molecule has 0 saturated heterocycles. The number of hydrogen-bond donors (Lipinski definition) is 0. The molecule has 0 aliphatic carbocycles. The second kappa shape index (κ2) is 3.33. The van der Waals surface area contributed by atoms with E-state index in [0.717, 1.165) is 0 Å². The number of amidine groups is 1. The van der Waals surface area contributed by atoms with Gasteiger partial charge in [-0.1, -0.05) is 5.16 Å². The summed E-state index contributed by atoms with van der Waals surface area (Å²) in [6.07, 6.45) is 0. The van der Waals surface area contributed by atoms with Crippen molar-refractivity contribution in [2.24, 2.45) is 10.1 Å². The molecule has 0 aromatic carbocycles. The molecule has 0 saturated carbocycles. The molecule has 0 amide bonds. The lowest BCUT2D eigenvalue weighted by Crippen LogP contribution is -1.82. The third kappa shape index (κ3) is 2.96. The molecular formula is C4H8N2O. The standard InChI is InChI=1S/C4H8N2O/c1-4(5-2)6-7-3/h2H2,1,3H3/b6-4-. The van der Waals surface area contributed by atoms with Crippen LogP contribution in [-0.4, -0.2) is 19.7 Å². The van der Waals surface area contributed by atoms with Crippen LogP contribution in [0.15, 0.2) is 10.1 Å². The molecule has 3 nitrogen and oxygen atoms in total. The van der Waals surface area contributed by atoms with Crippen LogP contribution < -0.4 is 0 Å². The molecule has 0 spiro atoms. The molecule has 7 heavy (non-hydrogen) atoms. The van der Waals surface area contributed by atoms with Gasteiger partial charge < -0.3 is 4.84 Å². The van der Waals surface area contributed by atoms with E-state index >= 15 is 0 Å². The number of rotatable bonds is 1. The Bertz CT molecular complexity index is 87.7. The zero-order chi connectivity index (χ0) is 5.70. The van der Waals surface area contributed by atoms with Crippen molar-refractivity contribution in [2.75, 3.05) is 7.11 Å². The van der Waals surface area contributed by atoms with Crippen LogP contribution in [0.4, 0.5) is 0 Å². The second-order valence-electron chi connectivity index (χ2n) is 0.979. The fraction of sp³-hybridized carbons (Fsp3) is 0.500. The van der Waals surface area contributed by atoms with E-state index in [0.29, 0.717) is 5.84 Å². The van der Waals surface area contributed by atoms with E-state index in [1.165, 1.54) is 7.11 Å². The average Bonchev–Trinajstić information content (AvgIpc) is 1.68. The van der Waals surface area contributed by atoms with Gasteiger partial charge in [0.05, 0.1) is 0 Å². The molecule has 0 radical (unpaired) electrons. The van der Waals surface area contributed by atoms with Crippen molar-refractivity contribution in [3.8, 4) is 0 Å². The van der Waals surface area contributed by atoms with E-state index in [1.807, 2.05) is 0 Å². The molecule has 0 aromatic rings. The molecule has 0 aliphatic heterocycles. The van der Waals surface area contributed by atoms with Gasteiger partial charge in [0.15, 0.2) is 5.84 Å². The number of hydrogen-bond acceptors (Lipinski definition) is 2. The Labute approximate surface area is 42.7 Å². The predicted molar refractivity (Wildman–Crippen MR) is 29.7 cm³/mol. The highest BCUT2D eigenvalue weighted by molar-refractivity contribution is 5.83. The lowest BCUT2D eigenvalue weighted by atomic mass is 10.7. The normalized spacial score (nSPS) is 10.9. The lowest BCUT2D eigenvalue weighted by Gasteiger charge is -1.84. The Balaban J connectivity index is 3.49. The third-order valence-electron chi connectivity index (χ3n) is 0.452. The van der Waals surface area contributed by atoms with Crippen molar-refractivity contribution >= 4 is 12.6 Å². The van der Waals surface area contributed by atoms with Gasteiger partial charge in [-0.25, -0.2) is 4.99 Å². The van der Waals surface area contributed by atoms with Gasteiger partial charge in [0.1, 0.15) is 7.11 Å². The Morgan fingerprint density at radius 1 is 1.71 bits per heavy atom. The summed E-state index contributed by atoms with van der Waals surface area (Å²) in [4.78, 5) is 7.80. The SMILES string of the molecule is C=N/C(C)=N\OC. The molecule has 3 heteroatoms. The van der Waals surface area contributed by atoms with Gasteiger partial charge >= 0.3 is 0 Å². The molecule has 0 heterocycles. The van der Waals surface area contributed by atoms with Crippen LogP contribution in [0.3, 0.4) is 0 Å². The Hall–Kier alpha value is -0.860. The molecular weight excluding hydrogens is 92.1 g/mol. The summed E-state index contributed by atoms with van der Waals surface area (Å²) < 4.78 is 0. The van der Waals surface area contributed by atoms with Crippen molar-refractivity contribution in [1.82, 2.24) is 0 Å². The molecule has 0 aliphatic rings. The summed E-state index contributed by atoms with van der Waals surface area (Å²) in [5.41, 5.74) is 0. The van der Waals surface area contributed by atoms with E-state index in [9.17, 15) is 0 Å². The van der Waals surface area contributed by atoms with Crippen LogP contribution in [0.1, 0.15) is 6.92 Å². The summed E-state index contributed by atoms with van der Waals surface area (Å²) in [5, 5.41) is 3.43. The molecule has 40 valence electrons. The summed E-state index contributed by atoms with van der Waals surface area (Å²) in [5.74, 6) is 0.544. The van der Waals surface area contributed by atoms with Crippen LogP contribution >= 0.6 is 0 Å². The smallest absolute Gasteiger partial charge is 0.163 e. The van der Waals surface area contributed by atoms with E-state index in [1.54, 1.807) is 6.92 Å². The quantitative estimate of drug-likeness (QED) is 0.271. The Kier molecular flexibility index (Phi) is 2.92. The largest absolute Gasteiger partial charge is 0.398 e. The number of oxime groups is 1. The van der Waals surface area contributed by atoms with Gasteiger partial charge in [-0.05, 0) is 13.6 Å². The van der Waals surface area contributed by atoms with Gasteiger partial charge in [-0.2, -0.15) is 0 Å². The minimum atomic E-state index is 0.544. The fourth-order valence-corrected chi connectivity index (χ4v) is 0.161. The van der Waals surface area contributed by atoms with Crippen molar-refractivity contribution in [2.45, 2.75) is 6.92 Å².